The molecule has 0 fully saturated rings. The first kappa shape index (κ1) is 45.8. The molecule has 0 bridgehead atoms. The molecule has 17 aromatic rings. The average Bonchev–Trinajstić information content (AvgIpc) is 4.48. The Morgan fingerprint density at radius 2 is 0.561 bits per heavy atom. The zero-order valence-electron chi connectivity index (χ0n) is 43.9. The summed E-state index contributed by atoms with van der Waals surface area (Å²) in [4.78, 5) is 17.9. The van der Waals surface area contributed by atoms with Gasteiger partial charge in [0.1, 0.15) is 22.3 Å². The van der Waals surface area contributed by atoms with Gasteiger partial charge in [-0.15, -0.1) is 0 Å². The van der Waals surface area contributed by atoms with Crippen LogP contribution in [-0.4, -0.2) is 29.1 Å². The Bertz CT molecular complexity index is 5090. The summed E-state index contributed by atoms with van der Waals surface area (Å²) in [5.41, 5.74) is 23.0. The summed E-state index contributed by atoms with van der Waals surface area (Å²) < 4.78 is 17.8. The summed E-state index contributed by atoms with van der Waals surface area (Å²) in [7, 11) is 0. The smallest absolute Gasteiger partial charge is 0.135 e. The Labute approximate surface area is 469 Å². The molecule has 82 heavy (non-hydrogen) atoms. The molecule has 8 heteroatoms. The molecule has 0 saturated heterocycles. The number of hydrogen-bond acceptors (Lipinski definition) is 6. The summed E-state index contributed by atoms with van der Waals surface area (Å²) in [6, 6.07) is 78.2. The van der Waals surface area contributed by atoms with Gasteiger partial charge in [-0.2, -0.15) is 0 Å². The van der Waals surface area contributed by atoms with Crippen molar-refractivity contribution >= 4 is 87.5 Å². The third-order valence-corrected chi connectivity index (χ3v) is 16.4. The summed E-state index contributed by atoms with van der Waals surface area (Å²) >= 11 is 0. The summed E-state index contributed by atoms with van der Waals surface area (Å²) in [6.45, 7) is 0. The summed E-state index contributed by atoms with van der Waals surface area (Å²) in [6.07, 6.45) is 15.0. The first-order valence-corrected chi connectivity index (χ1v) is 27.4. The zero-order valence-corrected chi connectivity index (χ0v) is 43.9. The van der Waals surface area contributed by atoms with E-state index in [1.807, 2.05) is 49.3 Å². The molecule has 0 aliphatic heterocycles. The Hall–Kier alpha value is -11.2. The summed E-state index contributed by atoms with van der Waals surface area (Å²) in [5.74, 6) is 0. The van der Waals surface area contributed by atoms with Crippen molar-refractivity contribution in [1.29, 1.82) is 0 Å². The van der Waals surface area contributed by atoms with Gasteiger partial charge in [0.25, 0.3) is 0 Å². The van der Waals surface area contributed by atoms with Gasteiger partial charge in [-0.1, -0.05) is 91.0 Å². The van der Waals surface area contributed by atoms with Crippen LogP contribution in [0.5, 0.6) is 0 Å². The van der Waals surface area contributed by atoms with E-state index in [0.29, 0.717) is 0 Å². The van der Waals surface area contributed by atoms with Gasteiger partial charge in [0.15, 0.2) is 0 Å². The van der Waals surface area contributed by atoms with E-state index in [-0.39, 0.29) is 0 Å². The molecule has 0 unspecified atom stereocenters. The number of aromatic nitrogens is 6. The molecular formula is C74H44N6O2. The molecule has 0 aliphatic rings. The lowest BCUT2D eigenvalue weighted by Crippen LogP contribution is -1.93. The normalized spacial score (nSPS) is 11.9. The standard InChI is InChI=1S/C74H44N6O2/c1-3-14-67-59(12-1)61-33-49(53-31-55(43-77-41-53)51-10-6-28-75-39-51)16-22-69(61)79(67)57-20-26-73-65(37-57)63-35-47(18-24-71(63)81-73)45-8-5-9-46(30-45)48-19-25-72-64(36-48)66-38-58(21-27-74(66)82-72)80-68-15-4-2-13-60(68)62-34-50(17-23-70(62)80)54-32-56(44-78-42-54)52-11-7-29-76-40-52/h1-44H. The van der Waals surface area contributed by atoms with Crippen LogP contribution in [0, 0.1) is 0 Å². The highest BCUT2D eigenvalue weighted by atomic mass is 16.3. The largest absolute Gasteiger partial charge is 0.456 e. The first-order chi connectivity index (χ1) is 40.6. The number of benzene rings is 9. The van der Waals surface area contributed by atoms with E-state index in [9.17, 15) is 0 Å². The Balaban J connectivity index is 0.712. The van der Waals surface area contributed by atoms with Gasteiger partial charge in [-0.25, -0.2) is 0 Å². The fraction of sp³-hybridized carbons (Fsp3) is 0. The molecule has 8 aromatic heterocycles. The minimum absolute atomic E-state index is 0.849. The van der Waals surface area contributed by atoms with Crippen molar-refractivity contribution in [2.45, 2.75) is 0 Å². The highest BCUT2D eigenvalue weighted by Gasteiger charge is 2.19. The average molecular weight is 1050 g/mol. The Kier molecular flexibility index (Phi) is 10.1. The van der Waals surface area contributed by atoms with Crippen molar-refractivity contribution in [3.05, 3.63) is 268 Å². The maximum atomic E-state index is 6.54. The quantitative estimate of drug-likeness (QED) is 0.151. The van der Waals surface area contributed by atoms with Gasteiger partial charge < -0.3 is 18.0 Å². The second-order valence-corrected chi connectivity index (χ2v) is 21.1. The number of fused-ring (bicyclic) bond motifs is 12. The van der Waals surface area contributed by atoms with Crippen LogP contribution in [0.25, 0.3) is 166 Å². The van der Waals surface area contributed by atoms with Crippen LogP contribution in [0.4, 0.5) is 0 Å². The highest BCUT2D eigenvalue weighted by Crippen LogP contribution is 2.42. The van der Waals surface area contributed by atoms with E-state index in [1.165, 1.54) is 21.5 Å². The molecule has 8 heterocycles. The molecule has 0 atom stereocenters. The van der Waals surface area contributed by atoms with Crippen molar-refractivity contribution < 1.29 is 8.83 Å². The molecule has 8 nitrogen and oxygen atoms in total. The molecule has 17 rings (SSSR count). The minimum atomic E-state index is 0.849. The number of furan rings is 2. The number of para-hydroxylation sites is 2. The van der Waals surface area contributed by atoms with Crippen LogP contribution in [0.3, 0.4) is 0 Å². The number of pyridine rings is 4. The van der Waals surface area contributed by atoms with E-state index >= 15 is 0 Å². The van der Waals surface area contributed by atoms with E-state index in [1.54, 1.807) is 12.4 Å². The second kappa shape index (κ2) is 18.2. The van der Waals surface area contributed by atoms with Crippen LogP contribution in [0.15, 0.2) is 277 Å². The number of rotatable bonds is 8. The topological polar surface area (TPSA) is 87.7 Å². The lowest BCUT2D eigenvalue weighted by molar-refractivity contribution is 0.668. The maximum absolute atomic E-state index is 6.54. The Morgan fingerprint density at radius 1 is 0.220 bits per heavy atom. The predicted molar refractivity (Wildman–Crippen MR) is 333 cm³/mol. The lowest BCUT2D eigenvalue weighted by atomic mass is 9.97. The molecule has 0 saturated carbocycles. The minimum Gasteiger partial charge on any atom is -0.456 e. The molecule has 0 N–H and O–H groups in total. The first-order valence-electron chi connectivity index (χ1n) is 27.4. The maximum Gasteiger partial charge on any atom is 0.135 e. The van der Waals surface area contributed by atoms with Gasteiger partial charge in [-0.05, 0) is 161 Å². The molecule has 382 valence electrons. The third-order valence-electron chi connectivity index (χ3n) is 16.4. The molecule has 0 aliphatic carbocycles. The van der Waals surface area contributed by atoms with Gasteiger partial charge >= 0.3 is 0 Å². The third kappa shape index (κ3) is 7.39. The van der Waals surface area contributed by atoms with Crippen molar-refractivity contribution in [3.8, 4) is 78.1 Å². The van der Waals surface area contributed by atoms with Crippen molar-refractivity contribution in [2.24, 2.45) is 0 Å². The van der Waals surface area contributed by atoms with Crippen LogP contribution in [0.1, 0.15) is 0 Å². The fourth-order valence-electron chi connectivity index (χ4n) is 12.5. The number of nitrogens with zero attached hydrogens (tertiary/aromatic N) is 6. The van der Waals surface area contributed by atoms with E-state index in [2.05, 4.69) is 235 Å². The van der Waals surface area contributed by atoms with E-state index in [0.717, 1.165) is 144 Å². The van der Waals surface area contributed by atoms with Crippen LogP contribution in [-0.2, 0) is 0 Å². The second-order valence-electron chi connectivity index (χ2n) is 21.1. The molecule has 0 radical (unpaired) electrons. The lowest BCUT2D eigenvalue weighted by Gasteiger charge is -2.09. The zero-order chi connectivity index (χ0) is 53.8. The van der Waals surface area contributed by atoms with Gasteiger partial charge in [0.05, 0.1) is 22.1 Å². The SMILES string of the molecule is c1cncc(-c2cncc(-c3ccc4c(c3)c3ccccc3n4-c3ccc4oc5ccc(-c6cccc(-c7ccc8oc9ccc(-n%10c%11ccccc%11c%11cc(-c%12cncc(-c%13cccnc%13)c%12)ccc%11%10)cc9c8c7)c6)cc5c4c3)c2)c1. The van der Waals surface area contributed by atoms with Crippen LogP contribution < -0.4 is 0 Å². The van der Waals surface area contributed by atoms with Gasteiger partial charge in [0.2, 0.25) is 0 Å². The van der Waals surface area contributed by atoms with Crippen molar-refractivity contribution in [3.63, 3.8) is 0 Å². The van der Waals surface area contributed by atoms with Crippen LogP contribution in [0.2, 0.25) is 0 Å². The predicted octanol–water partition coefficient (Wildman–Crippen LogP) is 19.3. The molecule has 0 amide bonds. The van der Waals surface area contributed by atoms with Crippen molar-refractivity contribution in [1.82, 2.24) is 29.1 Å². The molecule has 0 spiro atoms. The van der Waals surface area contributed by atoms with Gasteiger partial charge in [-0.3, -0.25) is 19.9 Å². The van der Waals surface area contributed by atoms with Gasteiger partial charge in [0, 0.05) is 137 Å². The number of hydrogen-bond donors (Lipinski definition) is 0. The van der Waals surface area contributed by atoms with Crippen molar-refractivity contribution in [2.75, 3.05) is 0 Å². The highest BCUT2D eigenvalue weighted by molar-refractivity contribution is 6.14. The van der Waals surface area contributed by atoms with E-state index < -0.39 is 0 Å². The summed E-state index contributed by atoms with van der Waals surface area (Å²) in [5, 5.41) is 8.99. The molecule has 9 aromatic carbocycles. The fourth-order valence-corrected chi connectivity index (χ4v) is 12.5. The van der Waals surface area contributed by atoms with E-state index in [4.69, 9.17) is 8.83 Å². The monoisotopic (exact) mass is 1050 g/mol. The van der Waals surface area contributed by atoms with Crippen LogP contribution >= 0.6 is 0 Å². The Morgan fingerprint density at radius 3 is 1.02 bits per heavy atom. The molecular weight excluding hydrogens is 1000 g/mol.